The summed E-state index contributed by atoms with van der Waals surface area (Å²) < 4.78 is 40.8. The number of carbonyl (C=O) groups excluding carboxylic acids is 2. The van der Waals surface area contributed by atoms with Crippen LogP contribution in [0.2, 0.25) is 0 Å². The number of hydrogen-bond donors (Lipinski definition) is 1. The van der Waals surface area contributed by atoms with Crippen LogP contribution in [0.5, 0.6) is 5.75 Å². The summed E-state index contributed by atoms with van der Waals surface area (Å²) >= 11 is 0. The Kier molecular flexibility index (Phi) is 5.55. The Balaban J connectivity index is 1.39. The topological polar surface area (TPSA) is 84.4 Å². The third-order valence-electron chi connectivity index (χ3n) is 5.65. The summed E-state index contributed by atoms with van der Waals surface area (Å²) in [4.78, 5) is 35.4. The SMILES string of the molecule is Cc1cnc(C(=O)NC2C[C@H]3CC[C@@H](C2)N3C(=O)c2ccc(OC(F)(F)F)cc2)cn1. The smallest absolute Gasteiger partial charge is 0.406 e. The molecule has 164 valence electrons. The van der Waals surface area contributed by atoms with Gasteiger partial charge in [0.1, 0.15) is 11.4 Å². The van der Waals surface area contributed by atoms with E-state index in [4.69, 9.17) is 0 Å². The Bertz CT molecular complexity index is 949. The van der Waals surface area contributed by atoms with Gasteiger partial charge in [-0.05, 0) is 56.9 Å². The van der Waals surface area contributed by atoms with Gasteiger partial charge in [0.25, 0.3) is 11.8 Å². The van der Waals surface area contributed by atoms with Crippen molar-refractivity contribution in [1.29, 1.82) is 0 Å². The lowest BCUT2D eigenvalue weighted by Gasteiger charge is -2.39. The summed E-state index contributed by atoms with van der Waals surface area (Å²) in [5.74, 6) is -0.884. The van der Waals surface area contributed by atoms with Crippen LogP contribution in [0.15, 0.2) is 36.7 Å². The molecule has 1 aromatic carbocycles. The third-order valence-corrected chi connectivity index (χ3v) is 5.65. The zero-order valence-electron chi connectivity index (χ0n) is 16.7. The van der Waals surface area contributed by atoms with Crippen molar-refractivity contribution >= 4 is 11.8 Å². The van der Waals surface area contributed by atoms with Crippen molar-refractivity contribution in [3.05, 3.63) is 53.6 Å². The largest absolute Gasteiger partial charge is 0.573 e. The first kappa shape index (κ1) is 21.1. The standard InChI is InChI=1S/C21H21F3N4O3/c1-12-10-26-18(11-25-12)19(29)27-14-8-15-4-5-16(9-14)28(15)20(30)13-2-6-17(7-3-13)31-21(22,23)24/h2-3,6-7,10-11,14-16H,4-5,8-9H2,1H3,(H,27,29)/t14?,15-,16+. The lowest BCUT2D eigenvalue weighted by Crippen LogP contribution is -2.52. The highest BCUT2D eigenvalue weighted by Gasteiger charge is 2.44. The minimum atomic E-state index is -4.78. The molecule has 0 aliphatic carbocycles. The Morgan fingerprint density at radius 2 is 1.71 bits per heavy atom. The molecule has 2 aliphatic heterocycles. The summed E-state index contributed by atoms with van der Waals surface area (Å²) in [6, 6.07) is 4.80. The van der Waals surface area contributed by atoms with Crippen LogP contribution in [0.3, 0.4) is 0 Å². The van der Waals surface area contributed by atoms with E-state index < -0.39 is 6.36 Å². The Morgan fingerprint density at radius 1 is 1.06 bits per heavy atom. The first-order valence-corrected chi connectivity index (χ1v) is 9.97. The van der Waals surface area contributed by atoms with Crippen LogP contribution in [0.4, 0.5) is 13.2 Å². The Hall–Kier alpha value is -3.17. The number of nitrogens with zero attached hydrogens (tertiary/aromatic N) is 3. The van der Waals surface area contributed by atoms with Crippen molar-refractivity contribution in [1.82, 2.24) is 20.2 Å². The molecule has 1 N–H and O–H groups in total. The number of rotatable bonds is 4. The van der Waals surface area contributed by atoms with E-state index in [0.29, 0.717) is 18.4 Å². The number of ether oxygens (including phenoxy) is 1. The fourth-order valence-corrected chi connectivity index (χ4v) is 4.34. The van der Waals surface area contributed by atoms with E-state index in [1.165, 1.54) is 24.5 Å². The first-order valence-electron chi connectivity index (χ1n) is 9.97. The van der Waals surface area contributed by atoms with Gasteiger partial charge in [-0.3, -0.25) is 14.6 Å². The number of aryl methyl sites for hydroxylation is 1. The van der Waals surface area contributed by atoms with Crippen molar-refractivity contribution in [2.24, 2.45) is 0 Å². The van der Waals surface area contributed by atoms with Gasteiger partial charge in [-0.1, -0.05) is 0 Å². The molecule has 3 atom stereocenters. The van der Waals surface area contributed by atoms with Crippen LogP contribution < -0.4 is 10.1 Å². The molecule has 4 rings (SSSR count). The van der Waals surface area contributed by atoms with E-state index in [1.54, 1.807) is 11.8 Å². The van der Waals surface area contributed by atoms with Gasteiger partial charge in [0.15, 0.2) is 0 Å². The molecule has 2 amide bonds. The molecule has 0 saturated carbocycles. The van der Waals surface area contributed by atoms with Gasteiger partial charge < -0.3 is 15.0 Å². The molecule has 3 heterocycles. The molecule has 2 aromatic rings. The van der Waals surface area contributed by atoms with Crippen LogP contribution in [-0.2, 0) is 0 Å². The van der Waals surface area contributed by atoms with Crippen molar-refractivity contribution in [3.63, 3.8) is 0 Å². The van der Waals surface area contributed by atoms with E-state index in [0.717, 1.165) is 30.7 Å². The van der Waals surface area contributed by atoms with Gasteiger partial charge in [-0.2, -0.15) is 0 Å². The molecule has 0 radical (unpaired) electrons. The summed E-state index contributed by atoms with van der Waals surface area (Å²) in [5, 5.41) is 2.98. The number of carbonyl (C=O) groups is 2. The molecule has 2 saturated heterocycles. The Morgan fingerprint density at radius 3 is 2.26 bits per heavy atom. The molecular formula is C21H21F3N4O3. The summed E-state index contributed by atoms with van der Waals surface area (Å²) in [6.07, 6.45) is 1.06. The summed E-state index contributed by atoms with van der Waals surface area (Å²) in [7, 11) is 0. The molecule has 2 aliphatic rings. The summed E-state index contributed by atoms with van der Waals surface area (Å²) in [6.45, 7) is 1.79. The van der Waals surface area contributed by atoms with Crippen LogP contribution in [0.1, 0.15) is 52.2 Å². The van der Waals surface area contributed by atoms with Crippen molar-refractivity contribution in [3.8, 4) is 5.75 Å². The zero-order valence-corrected chi connectivity index (χ0v) is 16.7. The molecule has 1 unspecified atom stereocenters. The number of halogens is 3. The first-order chi connectivity index (χ1) is 14.7. The molecule has 10 heteroatoms. The monoisotopic (exact) mass is 434 g/mol. The predicted octanol–water partition coefficient (Wildman–Crippen LogP) is 3.25. The van der Waals surface area contributed by atoms with Gasteiger partial charge in [0.05, 0.1) is 11.9 Å². The second kappa shape index (κ2) is 8.16. The normalized spacial score (nSPS) is 22.8. The average Bonchev–Trinajstić information content (AvgIpc) is 2.97. The molecular weight excluding hydrogens is 413 g/mol. The van der Waals surface area contributed by atoms with Gasteiger partial charge in [0, 0.05) is 29.9 Å². The van der Waals surface area contributed by atoms with Crippen LogP contribution >= 0.6 is 0 Å². The number of amides is 2. The van der Waals surface area contributed by atoms with E-state index in [-0.39, 0.29) is 41.4 Å². The van der Waals surface area contributed by atoms with E-state index in [1.807, 2.05) is 0 Å². The third kappa shape index (κ3) is 4.78. The van der Waals surface area contributed by atoms with Gasteiger partial charge in [0.2, 0.25) is 0 Å². The van der Waals surface area contributed by atoms with E-state index >= 15 is 0 Å². The van der Waals surface area contributed by atoms with E-state index in [2.05, 4.69) is 20.0 Å². The maximum Gasteiger partial charge on any atom is 0.573 e. The van der Waals surface area contributed by atoms with Crippen molar-refractivity contribution in [2.45, 2.75) is 57.1 Å². The highest BCUT2D eigenvalue weighted by atomic mass is 19.4. The average molecular weight is 434 g/mol. The van der Waals surface area contributed by atoms with Gasteiger partial charge in [-0.25, -0.2) is 4.98 Å². The quantitative estimate of drug-likeness (QED) is 0.799. The van der Waals surface area contributed by atoms with E-state index in [9.17, 15) is 22.8 Å². The highest BCUT2D eigenvalue weighted by molar-refractivity contribution is 5.95. The predicted molar refractivity (Wildman–Crippen MR) is 103 cm³/mol. The lowest BCUT2D eigenvalue weighted by atomic mass is 9.96. The molecule has 1 aromatic heterocycles. The maximum atomic E-state index is 13.0. The number of fused-ring (bicyclic) bond motifs is 2. The molecule has 7 nitrogen and oxygen atoms in total. The van der Waals surface area contributed by atoms with Crippen molar-refractivity contribution < 1.29 is 27.5 Å². The second-order valence-electron chi connectivity index (χ2n) is 7.85. The Labute approximate surface area is 176 Å². The maximum absolute atomic E-state index is 13.0. The number of hydrogen-bond acceptors (Lipinski definition) is 5. The van der Waals surface area contributed by atoms with Crippen molar-refractivity contribution in [2.75, 3.05) is 0 Å². The number of alkyl halides is 3. The lowest BCUT2D eigenvalue weighted by molar-refractivity contribution is -0.274. The molecule has 2 fully saturated rings. The van der Waals surface area contributed by atoms with Crippen LogP contribution in [0.25, 0.3) is 0 Å². The second-order valence-corrected chi connectivity index (χ2v) is 7.85. The summed E-state index contributed by atoms with van der Waals surface area (Å²) in [5.41, 5.74) is 1.28. The van der Waals surface area contributed by atoms with Crippen LogP contribution in [0, 0.1) is 6.92 Å². The van der Waals surface area contributed by atoms with Gasteiger partial charge >= 0.3 is 6.36 Å². The number of nitrogens with one attached hydrogen (secondary N) is 1. The fourth-order valence-electron chi connectivity index (χ4n) is 4.34. The fraction of sp³-hybridized carbons (Fsp3) is 0.429. The number of benzene rings is 1. The highest BCUT2D eigenvalue weighted by Crippen LogP contribution is 2.37. The minimum absolute atomic E-state index is 0.0354. The van der Waals surface area contributed by atoms with Gasteiger partial charge in [-0.15, -0.1) is 13.2 Å². The molecule has 0 spiro atoms. The zero-order chi connectivity index (χ0) is 22.2. The molecule has 31 heavy (non-hydrogen) atoms. The minimum Gasteiger partial charge on any atom is -0.406 e. The van der Waals surface area contributed by atoms with Crippen LogP contribution in [-0.4, -0.2) is 51.2 Å². The number of aromatic nitrogens is 2. The molecule has 2 bridgehead atoms. The number of piperidine rings is 1.